The van der Waals surface area contributed by atoms with Crippen LogP contribution >= 0.6 is 31.9 Å². The first-order chi connectivity index (χ1) is 8.65. The van der Waals surface area contributed by atoms with Gasteiger partial charge < -0.3 is 4.74 Å². The van der Waals surface area contributed by atoms with Gasteiger partial charge in [-0.2, -0.15) is 0 Å². The monoisotopic (exact) mass is 376 g/mol. The number of hydrogen-bond donors (Lipinski definition) is 0. The second kappa shape index (κ2) is 8.21. The maximum absolute atomic E-state index is 5.97. The average Bonchev–Trinajstić information content (AvgIpc) is 2.38. The van der Waals surface area contributed by atoms with Crippen LogP contribution in [0, 0.1) is 5.41 Å². The molecular formula is C15H22Br2O. The zero-order chi connectivity index (χ0) is 13.4. The summed E-state index contributed by atoms with van der Waals surface area (Å²) in [6.07, 6.45) is 4.83. The Labute approximate surface area is 128 Å². The number of halogens is 2. The highest BCUT2D eigenvalue weighted by atomic mass is 79.9. The quantitative estimate of drug-likeness (QED) is 0.519. The highest BCUT2D eigenvalue weighted by Crippen LogP contribution is 2.33. The second-order valence-electron chi connectivity index (χ2n) is 4.88. The number of hydrogen-bond acceptors (Lipinski definition) is 1. The van der Waals surface area contributed by atoms with Crippen molar-refractivity contribution in [1.29, 1.82) is 0 Å². The van der Waals surface area contributed by atoms with Crippen LogP contribution in [0.3, 0.4) is 0 Å². The van der Waals surface area contributed by atoms with E-state index in [2.05, 4.69) is 45.7 Å². The minimum Gasteiger partial charge on any atom is -0.493 e. The number of ether oxygens (including phenoxy) is 1. The molecule has 0 heterocycles. The Bertz CT molecular complexity index is 329. The Morgan fingerprint density at radius 3 is 2.06 bits per heavy atom. The van der Waals surface area contributed by atoms with E-state index in [4.69, 9.17) is 4.74 Å². The zero-order valence-corrected chi connectivity index (χ0v) is 14.4. The van der Waals surface area contributed by atoms with E-state index in [-0.39, 0.29) is 5.41 Å². The Morgan fingerprint density at radius 2 is 1.61 bits per heavy atom. The molecule has 1 aromatic rings. The van der Waals surface area contributed by atoms with Gasteiger partial charge in [0.25, 0.3) is 0 Å². The van der Waals surface area contributed by atoms with Gasteiger partial charge in [-0.25, -0.2) is 0 Å². The standard InChI is InChI=1S/C15H22Br2O/c1-3-9-15(11-16,10-4-2)12-18-14-7-5-13(17)6-8-14/h5-8H,3-4,9-12H2,1-2H3. The predicted molar refractivity (Wildman–Crippen MR) is 85.7 cm³/mol. The van der Waals surface area contributed by atoms with Crippen LogP contribution in [-0.4, -0.2) is 11.9 Å². The van der Waals surface area contributed by atoms with E-state index >= 15 is 0 Å². The molecule has 0 unspecified atom stereocenters. The largest absolute Gasteiger partial charge is 0.493 e. The minimum absolute atomic E-state index is 0.274. The molecule has 0 atom stereocenters. The third-order valence-corrected chi connectivity index (χ3v) is 4.92. The number of rotatable bonds is 8. The minimum atomic E-state index is 0.274. The molecule has 0 amide bonds. The summed E-state index contributed by atoms with van der Waals surface area (Å²) in [5.74, 6) is 0.954. The fraction of sp³-hybridized carbons (Fsp3) is 0.600. The molecule has 0 aliphatic heterocycles. The van der Waals surface area contributed by atoms with E-state index in [0.29, 0.717) is 0 Å². The van der Waals surface area contributed by atoms with Gasteiger partial charge in [0.1, 0.15) is 5.75 Å². The van der Waals surface area contributed by atoms with Gasteiger partial charge >= 0.3 is 0 Å². The topological polar surface area (TPSA) is 9.23 Å². The molecule has 0 bridgehead atoms. The van der Waals surface area contributed by atoms with Gasteiger partial charge in [-0.3, -0.25) is 0 Å². The summed E-state index contributed by atoms with van der Waals surface area (Å²) in [5, 5.41) is 1.01. The summed E-state index contributed by atoms with van der Waals surface area (Å²) < 4.78 is 7.06. The van der Waals surface area contributed by atoms with Crippen LogP contribution in [0.4, 0.5) is 0 Å². The van der Waals surface area contributed by atoms with E-state index in [9.17, 15) is 0 Å². The van der Waals surface area contributed by atoms with E-state index in [0.717, 1.165) is 22.2 Å². The summed E-state index contributed by atoms with van der Waals surface area (Å²) in [6, 6.07) is 8.07. The lowest BCUT2D eigenvalue weighted by molar-refractivity contribution is 0.144. The first kappa shape index (κ1) is 16.0. The average molecular weight is 378 g/mol. The van der Waals surface area contributed by atoms with E-state index in [1.54, 1.807) is 0 Å². The third-order valence-electron chi connectivity index (χ3n) is 3.20. The SMILES string of the molecule is CCCC(CBr)(CCC)COc1ccc(Br)cc1. The van der Waals surface area contributed by atoms with Gasteiger partial charge in [0, 0.05) is 15.2 Å². The predicted octanol–water partition coefficient (Wildman–Crippen LogP) is 5.81. The fourth-order valence-corrected chi connectivity index (χ4v) is 3.26. The van der Waals surface area contributed by atoms with Crippen molar-refractivity contribution >= 4 is 31.9 Å². The summed E-state index contributed by atoms with van der Waals surface area (Å²) in [7, 11) is 0. The Balaban J connectivity index is 2.63. The Morgan fingerprint density at radius 1 is 1.06 bits per heavy atom. The van der Waals surface area contributed by atoms with Gasteiger partial charge in [-0.15, -0.1) is 0 Å². The normalized spacial score (nSPS) is 11.6. The van der Waals surface area contributed by atoms with Crippen molar-refractivity contribution in [2.75, 3.05) is 11.9 Å². The molecule has 0 saturated carbocycles. The van der Waals surface area contributed by atoms with Gasteiger partial charge in [-0.1, -0.05) is 58.5 Å². The molecule has 0 spiro atoms. The maximum atomic E-state index is 5.97. The van der Waals surface area contributed by atoms with Crippen LogP contribution in [0.2, 0.25) is 0 Å². The Hall–Kier alpha value is -0.0200. The van der Waals surface area contributed by atoms with E-state index < -0.39 is 0 Å². The van der Waals surface area contributed by atoms with Crippen molar-refractivity contribution in [1.82, 2.24) is 0 Å². The summed E-state index contributed by atoms with van der Waals surface area (Å²) in [4.78, 5) is 0. The van der Waals surface area contributed by atoms with Gasteiger partial charge in [0.15, 0.2) is 0 Å². The molecule has 0 aliphatic carbocycles. The molecular weight excluding hydrogens is 356 g/mol. The van der Waals surface area contributed by atoms with Crippen molar-refractivity contribution < 1.29 is 4.74 Å². The first-order valence-electron chi connectivity index (χ1n) is 6.60. The summed E-state index contributed by atoms with van der Waals surface area (Å²) in [5.41, 5.74) is 0.274. The third kappa shape index (κ3) is 4.93. The van der Waals surface area contributed by atoms with Crippen molar-refractivity contribution in [3.63, 3.8) is 0 Å². The van der Waals surface area contributed by atoms with Crippen molar-refractivity contribution in [3.05, 3.63) is 28.7 Å². The fourth-order valence-electron chi connectivity index (χ4n) is 2.27. The number of benzene rings is 1. The molecule has 0 aromatic heterocycles. The van der Waals surface area contributed by atoms with Crippen LogP contribution < -0.4 is 4.74 Å². The van der Waals surface area contributed by atoms with Crippen LogP contribution in [-0.2, 0) is 0 Å². The van der Waals surface area contributed by atoms with Crippen molar-refractivity contribution in [2.24, 2.45) is 5.41 Å². The molecule has 102 valence electrons. The lowest BCUT2D eigenvalue weighted by Crippen LogP contribution is -2.30. The van der Waals surface area contributed by atoms with Crippen LogP contribution in [0.1, 0.15) is 39.5 Å². The van der Waals surface area contributed by atoms with Crippen LogP contribution in [0.25, 0.3) is 0 Å². The zero-order valence-electron chi connectivity index (χ0n) is 11.2. The molecule has 1 aromatic carbocycles. The molecule has 0 radical (unpaired) electrons. The van der Waals surface area contributed by atoms with E-state index in [1.165, 1.54) is 25.7 Å². The summed E-state index contributed by atoms with van der Waals surface area (Å²) in [6.45, 7) is 5.28. The summed E-state index contributed by atoms with van der Waals surface area (Å²) >= 11 is 7.11. The van der Waals surface area contributed by atoms with Gasteiger partial charge in [0.2, 0.25) is 0 Å². The molecule has 0 N–H and O–H groups in total. The maximum Gasteiger partial charge on any atom is 0.119 e. The Kier molecular flexibility index (Phi) is 7.31. The lowest BCUT2D eigenvalue weighted by atomic mass is 9.82. The number of alkyl halides is 1. The van der Waals surface area contributed by atoms with Crippen molar-refractivity contribution in [2.45, 2.75) is 39.5 Å². The first-order valence-corrected chi connectivity index (χ1v) is 8.51. The van der Waals surface area contributed by atoms with Gasteiger partial charge in [0.05, 0.1) is 6.61 Å². The molecule has 0 saturated heterocycles. The molecule has 3 heteroatoms. The van der Waals surface area contributed by atoms with Crippen molar-refractivity contribution in [3.8, 4) is 5.75 Å². The molecule has 18 heavy (non-hydrogen) atoms. The van der Waals surface area contributed by atoms with Crippen LogP contribution in [0.5, 0.6) is 5.75 Å². The molecule has 1 nitrogen and oxygen atoms in total. The lowest BCUT2D eigenvalue weighted by Gasteiger charge is -2.31. The van der Waals surface area contributed by atoms with Gasteiger partial charge in [-0.05, 0) is 37.1 Å². The van der Waals surface area contributed by atoms with Crippen LogP contribution in [0.15, 0.2) is 28.7 Å². The highest BCUT2D eigenvalue weighted by molar-refractivity contribution is 9.10. The smallest absolute Gasteiger partial charge is 0.119 e. The van der Waals surface area contributed by atoms with E-state index in [1.807, 2.05) is 24.3 Å². The second-order valence-corrected chi connectivity index (χ2v) is 6.35. The molecule has 0 fully saturated rings. The molecule has 0 aliphatic rings. The molecule has 1 rings (SSSR count). The highest BCUT2D eigenvalue weighted by Gasteiger charge is 2.28.